The zero-order valence-electron chi connectivity index (χ0n) is 8.38. The topological polar surface area (TPSA) is 29.3 Å². The molecule has 1 aliphatic carbocycles. The summed E-state index contributed by atoms with van der Waals surface area (Å²) in [5, 5.41) is 0. The van der Waals surface area contributed by atoms with E-state index in [0.717, 1.165) is 12.0 Å². The normalized spacial score (nSPS) is 53.5. The van der Waals surface area contributed by atoms with Crippen LogP contribution in [0.2, 0.25) is 0 Å². The Balaban J connectivity index is 2.17. The summed E-state index contributed by atoms with van der Waals surface area (Å²) in [4.78, 5) is 2.50. The molecule has 70 valence electrons. The predicted molar refractivity (Wildman–Crippen MR) is 50.9 cm³/mol. The van der Waals surface area contributed by atoms with Crippen LogP contribution in [0.3, 0.4) is 0 Å². The van der Waals surface area contributed by atoms with Crippen molar-refractivity contribution in [2.24, 2.45) is 17.1 Å². The van der Waals surface area contributed by atoms with E-state index in [1.54, 1.807) is 0 Å². The van der Waals surface area contributed by atoms with E-state index in [9.17, 15) is 0 Å². The van der Waals surface area contributed by atoms with Gasteiger partial charge in [-0.3, -0.25) is 0 Å². The molecule has 2 nitrogen and oxygen atoms in total. The third kappa shape index (κ3) is 0.882. The maximum absolute atomic E-state index is 6.05. The van der Waals surface area contributed by atoms with Crippen LogP contribution in [0.25, 0.3) is 0 Å². The van der Waals surface area contributed by atoms with Gasteiger partial charge in [-0.15, -0.1) is 0 Å². The molecule has 2 N–H and O–H groups in total. The van der Waals surface area contributed by atoms with Crippen LogP contribution in [0.4, 0.5) is 0 Å². The molecular weight excluding hydrogens is 148 g/mol. The molecule has 0 aromatic rings. The monoisotopic (exact) mass is 168 g/mol. The minimum atomic E-state index is 0.477. The molecule has 4 atom stereocenters. The zero-order chi connectivity index (χ0) is 8.93. The van der Waals surface area contributed by atoms with E-state index in [4.69, 9.17) is 5.73 Å². The van der Waals surface area contributed by atoms with E-state index in [0.29, 0.717) is 11.5 Å². The molecule has 0 spiro atoms. The number of hydrogen-bond acceptors (Lipinski definition) is 2. The van der Waals surface area contributed by atoms with Crippen molar-refractivity contribution in [1.29, 1.82) is 0 Å². The van der Waals surface area contributed by atoms with Gasteiger partial charge in [-0.2, -0.15) is 0 Å². The summed E-state index contributed by atoms with van der Waals surface area (Å²) in [6, 6.07) is 1.23. The second kappa shape index (κ2) is 2.46. The number of fused-ring (bicyclic) bond motifs is 1. The van der Waals surface area contributed by atoms with E-state index in [2.05, 4.69) is 25.8 Å². The highest BCUT2D eigenvalue weighted by atomic mass is 15.2. The van der Waals surface area contributed by atoms with E-state index < -0.39 is 0 Å². The van der Waals surface area contributed by atoms with Crippen molar-refractivity contribution in [1.82, 2.24) is 4.90 Å². The second-order valence-corrected chi connectivity index (χ2v) is 4.94. The van der Waals surface area contributed by atoms with Crippen LogP contribution in [0.1, 0.15) is 26.7 Å². The van der Waals surface area contributed by atoms with E-state index in [-0.39, 0.29) is 0 Å². The lowest BCUT2D eigenvalue weighted by atomic mass is 9.58. The molecule has 2 aliphatic rings. The van der Waals surface area contributed by atoms with Crippen LogP contribution in [0, 0.1) is 11.3 Å². The van der Waals surface area contributed by atoms with Crippen molar-refractivity contribution in [2.75, 3.05) is 13.6 Å². The molecule has 1 aliphatic heterocycles. The van der Waals surface area contributed by atoms with Gasteiger partial charge >= 0.3 is 0 Å². The Bertz CT molecular complexity index is 192. The first-order valence-corrected chi connectivity index (χ1v) is 5.04. The van der Waals surface area contributed by atoms with Gasteiger partial charge in [0.05, 0.1) is 0 Å². The molecule has 0 bridgehead atoms. The Kier molecular flexibility index (Phi) is 1.74. The summed E-state index contributed by atoms with van der Waals surface area (Å²) in [6.45, 7) is 5.93. The third-order valence-electron chi connectivity index (χ3n) is 3.98. The standard InChI is InChI=1S/C10H20N2/c1-4-8-9-7(11)5-10(9,2)6-12(8)3/h7-9H,4-6,11H2,1-3H3/t7-,8?,9+,10-/m1/s1. The lowest BCUT2D eigenvalue weighted by molar-refractivity contribution is 0.0563. The molecule has 12 heavy (non-hydrogen) atoms. The summed E-state index contributed by atoms with van der Waals surface area (Å²) < 4.78 is 0. The van der Waals surface area contributed by atoms with E-state index >= 15 is 0 Å². The van der Waals surface area contributed by atoms with Crippen molar-refractivity contribution < 1.29 is 0 Å². The van der Waals surface area contributed by atoms with Gasteiger partial charge in [0.2, 0.25) is 0 Å². The zero-order valence-corrected chi connectivity index (χ0v) is 8.38. The smallest absolute Gasteiger partial charge is 0.0139 e. The van der Waals surface area contributed by atoms with Crippen molar-refractivity contribution in [3.8, 4) is 0 Å². The van der Waals surface area contributed by atoms with Gasteiger partial charge < -0.3 is 10.6 Å². The molecule has 1 saturated heterocycles. The lowest BCUT2D eigenvalue weighted by Crippen LogP contribution is -2.55. The van der Waals surface area contributed by atoms with E-state index in [1.165, 1.54) is 19.4 Å². The van der Waals surface area contributed by atoms with Gasteiger partial charge in [0.25, 0.3) is 0 Å². The lowest BCUT2D eigenvalue weighted by Gasteiger charge is -2.48. The van der Waals surface area contributed by atoms with Crippen LogP contribution in [-0.4, -0.2) is 30.6 Å². The van der Waals surface area contributed by atoms with Gasteiger partial charge in [-0.1, -0.05) is 13.8 Å². The fourth-order valence-electron chi connectivity index (χ4n) is 3.60. The van der Waals surface area contributed by atoms with Crippen molar-refractivity contribution in [2.45, 2.75) is 38.8 Å². The van der Waals surface area contributed by atoms with Crippen LogP contribution in [0.5, 0.6) is 0 Å². The molecule has 2 rings (SSSR count). The van der Waals surface area contributed by atoms with Crippen LogP contribution >= 0.6 is 0 Å². The summed E-state index contributed by atoms with van der Waals surface area (Å²) >= 11 is 0. The Morgan fingerprint density at radius 3 is 2.67 bits per heavy atom. The number of likely N-dealkylation sites (tertiary alicyclic amines) is 1. The summed E-state index contributed by atoms with van der Waals surface area (Å²) in [5.74, 6) is 0.771. The molecule has 0 aromatic heterocycles. The predicted octanol–water partition coefficient (Wildman–Crippen LogP) is 1.06. The second-order valence-electron chi connectivity index (χ2n) is 4.94. The van der Waals surface area contributed by atoms with Gasteiger partial charge in [0.15, 0.2) is 0 Å². The van der Waals surface area contributed by atoms with Crippen molar-refractivity contribution in [3.05, 3.63) is 0 Å². The first kappa shape index (κ1) is 8.52. The average molecular weight is 168 g/mol. The number of nitrogens with two attached hydrogens (primary N) is 1. The summed E-state index contributed by atoms with van der Waals surface area (Å²) in [7, 11) is 2.24. The fraction of sp³-hybridized carbons (Fsp3) is 1.00. The first-order chi connectivity index (χ1) is 5.58. The Labute approximate surface area is 75.1 Å². The highest BCUT2D eigenvalue weighted by Crippen LogP contribution is 2.54. The Morgan fingerprint density at radius 1 is 1.58 bits per heavy atom. The minimum absolute atomic E-state index is 0.477. The summed E-state index contributed by atoms with van der Waals surface area (Å²) in [5.41, 5.74) is 6.60. The molecule has 0 radical (unpaired) electrons. The average Bonchev–Trinajstić information content (AvgIpc) is 2.17. The molecule has 1 unspecified atom stereocenters. The first-order valence-electron chi connectivity index (χ1n) is 5.04. The Morgan fingerprint density at radius 2 is 2.25 bits per heavy atom. The van der Waals surface area contributed by atoms with Crippen LogP contribution in [-0.2, 0) is 0 Å². The molecular formula is C10H20N2. The maximum Gasteiger partial charge on any atom is 0.0139 e. The Hall–Kier alpha value is -0.0800. The van der Waals surface area contributed by atoms with Gasteiger partial charge in [-0.25, -0.2) is 0 Å². The van der Waals surface area contributed by atoms with Gasteiger partial charge in [-0.05, 0) is 31.2 Å². The number of rotatable bonds is 1. The minimum Gasteiger partial charge on any atom is -0.327 e. The SMILES string of the molecule is CCC1[C@@H]2[C@H](N)C[C@]2(C)CN1C. The highest BCUT2D eigenvalue weighted by Gasteiger charge is 2.57. The largest absolute Gasteiger partial charge is 0.327 e. The van der Waals surface area contributed by atoms with E-state index in [1.807, 2.05) is 0 Å². The highest BCUT2D eigenvalue weighted by molar-refractivity contribution is 5.11. The fourth-order valence-corrected chi connectivity index (χ4v) is 3.60. The maximum atomic E-state index is 6.05. The van der Waals surface area contributed by atoms with Crippen LogP contribution in [0.15, 0.2) is 0 Å². The van der Waals surface area contributed by atoms with Crippen LogP contribution < -0.4 is 5.73 Å². The van der Waals surface area contributed by atoms with Crippen molar-refractivity contribution in [3.63, 3.8) is 0 Å². The molecule has 1 heterocycles. The molecule has 0 amide bonds. The summed E-state index contributed by atoms with van der Waals surface area (Å²) in [6.07, 6.45) is 2.49. The molecule has 1 saturated carbocycles. The third-order valence-corrected chi connectivity index (χ3v) is 3.98. The number of nitrogens with zero attached hydrogens (tertiary/aromatic N) is 1. The molecule has 2 heteroatoms. The quantitative estimate of drug-likeness (QED) is 0.634. The molecule has 2 fully saturated rings. The molecule has 0 aromatic carbocycles. The van der Waals surface area contributed by atoms with Gasteiger partial charge in [0.1, 0.15) is 0 Å². The number of hydrogen-bond donors (Lipinski definition) is 1. The van der Waals surface area contributed by atoms with Gasteiger partial charge in [0, 0.05) is 18.6 Å². The van der Waals surface area contributed by atoms with Crippen molar-refractivity contribution >= 4 is 0 Å².